The third kappa shape index (κ3) is 1.44. The Kier molecular flexibility index (Phi) is 2.51. The van der Waals surface area contributed by atoms with Gasteiger partial charge in [0.2, 0.25) is 0 Å². The Labute approximate surface area is 81.3 Å². The van der Waals surface area contributed by atoms with Crippen LogP contribution in [-0.2, 0) is 0 Å². The molecular weight excluding hydrogens is 184 g/mol. The summed E-state index contributed by atoms with van der Waals surface area (Å²) >= 11 is 0. The van der Waals surface area contributed by atoms with Crippen molar-refractivity contribution in [1.29, 1.82) is 0 Å². The minimum atomic E-state index is -1.09. The second kappa shape index (κ2) is 3.45. The number of hydrogen-bond acceptors (Lipinski definition) is 4. The maximum absolute atomic E-state index is 10.8. The van der Waals surface area contributed by atoms with E-state index < -0.39 is 5.97 Å². The van der Waals surface area contributed by atoms with E-state index in [0.29, 0.717) is 11.3 Å². The molecule has 0 spiro atoms. The van der Waals surface area contributed by atoms with Gasteiger partial charge in [-0.05, 0) is 13.0 Å². The molecule has 0 aliphatic rings. The molecule has 14 heavy (non-hydrogen) atoms. The fourth-order valence-electron chi connectivity index (χ4n) is 1.26. The van der Waals surface area contributed by atoms with Crippen LogP contribution >= 0.6 is 0 Å². The molecule has 0 atom stereocenters. The molecule has 5 heteroatoms. The lowest BCUT2D eigenvalue weighted by Gasteiger charge is -2.12. The van der Waals surface area contributed by atoms with Crippen LogP contribution in [0.25, 0.3) is 0 Å². The Morgan fingerprint density at radius 1 is 1.50 bits per heavy atom. The minimum absolute atomic E-state index is 0.0247. The zero-order valence-electron chi connectivity index (χ0n) is 8.00. The van der Waals surface area contributed by atoms with Crippen LogP contribution in [0.1, 0.15) is 15.9 Å². The van der Waals surface area contributed by atoms with Gasteiger partial charge >= 0.3 is 5.97 Å². The predicted molar refractivity (Wildman–Crippen MR) is 53.5 cm³/mol. The maximum atomic E-state index is 10.8. The number of carboxylic acid groups (broad SMARTS) is 1. The summed E-state index contributed by atoms with van der Waals surface area (Å²) in [4.78, 5) is 10.8. The normalized spacial score (nSPS) is 9.86. The smallest absolute Gasteiger partial charge is 0.339 e. The highest BCUT2D eigenvalue weighted by atomic mass is 16.5. The van der Waals surface area contributed by atoms with E-state index in [1.807, 2.05) is 0 Å². The molecule has 0 aromatic heterocycles. The largest absolute Gasteiger partial charge is 0.495 e. The standard InChI is InChI=1S/C9H12N2O3/c1-4-7(11)6(10)3-5(9(12)13)8(4)14-2/h3H,10-11H2,1-2H3,(H,12,13). The molecule has 1 aromatic rings. The molecule has 76 valence electrons. The number of carboxylic acids is 1. The zero-order chi connectivity index (χ0) is 10.9. The van der Waals surface area contributed by atoms with Crippen LogP contribution < -0.4 is 16.2 Å². The molecule has 1 aromatic carbocycles. The average molecular weight is 196 g/mol. The topological polar surface area (TPSA) is 98.6 Å². The van der Waals surface area contributed by atoms with E-state index >= 15 is 0 Å². The highest BCUT2D eigenvalue weighted by molar-refractivity contribution is 5.95. The van der Waals surface area contributed by atoms with Gasteiger partial charge in [0.1, 0.15) is 11.3 Å². The van der Waals surface area contributed by atoms with E-state index in [1.54, 1.807) is 6.92 Å². The summed E-state index contributed by atoms with van der Waals surface area (Å²) in [6, 6.07) is 1.30. The summed E-state index contributed by atoms with van der Waals surface area (Å²) in [5.41, 5.74) is 12.3. The molecule has 0 aliphatic heterocycles. The monoisotopic (exact) mass is 196 g/mol. The van der Waals surface area contributed by atoms with Crippen LogP contribution in [0.3, 0.4) is 0 Å². The van der Waals surface area contributed by atoms with Gasteiger partial charge in [0, 0.05) is 5.56 Å². The molecule has 0 saturated heterocycles. The number of anilines is 2. The van der Waals surface area contributed by atoms with Crippen molar-refractivity contribution in [2.45, 2.75) is 6.92 Å². The van der Waals surface area contributed by atoms with Crippen LogP contribution in [0.2, 0.25) is 0 Å². The number of hydrogen-bond donors (Lipinski definition) is 3. The third-order valence-electron chi connectivity index (χ3n) is 2.03. The molecule has 0 bridgehead atoms. The Hall–Kier alpha value is -1.91. The number of rotatable bonds is 2. The van der Waals surface area contributed by atoms with Crippen LogP contribution in [0.4, 0.5) is 11.4 Å². The summed E-state index contributed by atoms with van der Waals surface area (Å²) in [6.45, 7) is 1.66. The first kappa shape index (κ1) is 10.2. The highest BCUT2D eigenvalue weighted by Gasteiger charge is 2.17. The SMILES string of the molecule is COc1c(C(=O)O)cc(N)c(N)c1C. The molecule has 0 saturated carbocycles. The van der Waals surface area contributed by atoms with Crippen molar-refractivity contribution in [2.75, 3.05) is 18.6 Å². The van der Waals surface area contributed by atoms with E-state index in [2.05, 4.69) is 0 Å². The van der Waals surface area contributed by atoms with Crippen LogP contribution in [0.5, 0.6) is 5.75 Å². The van der Waals surface area contributed by atoms with E-state index in [0.717, 1.165) is 0 Å². The summed E-state index contributed by atoms with van der Waals surface area (Å²) in [5.74, 6) is -0.833. The lowest BCUT2D eigenvalue weighted by molar-refractivity contribution is 0.0693. The van der Waals surface area contributed by atoms with Crippen LogP contribution in [0.15, 0.2) is 6.07 Å². The van der Waals surface area contributed by atoms with Gasteiger partial charge in [-0.25, -0.2) is 4.79 Å². The van der Waals surface area contributed by atoms with Gasteiger partial charge in [-0.3, -0.25) is 0 Å². The summed E-state index contributed by atoms with van der Waals surface area (Å²) in [7, 11) is 1.39. The van der Waals surface area contributed by atoms with Gasteiger partial charge in [-0.1, -0.05) is 0 Å². The number of benzene rings is 1. The predicted octanol–water partition coefficient (Wildman–Crippen LogP) is 0.866. The molecule has 0 amide bonds. The van der Waals surface area contributed by atoms with Crippen molar-refractivity contribution in [2.24, 2.45) is 0 Å². The lowest BCUT2D eigenvalue weighted by atomic mass is 10.1. The Morgan fingerprint density at radius 3 is 2.50 bits per heavy atom. The van der Waals surface area contributed by atoms with Crippen LogP contribution in [-0.4, -0.2) is 18.2 Å². The summed E-state index contributed by atoms with van der Waals surface area (Å²) < 4.78 is 4.96. The van der Waals surface area contributed by atoms with Crippen molar-refractivity contribution in [3.63, 3.8) is 0 Å². The molecule has 0 aliphatic carbocycles. The number of methoxy groups -OCH3 is 1. The number of aromatic carboxylic acids is 1. The van der Waals surface area contributed by atoms with Gasteiger partial charge in [-0.2, -0.15) is 0 Å². The molecule has 1 rings (SSSR count). The second-order valence-electron chi connectivity index (χ2n) is 2.89. The number of ether oxygens (including phenoxy) is 1. The van der Waals surface area contributed by atoms with Gasteiger partial charge in [0.05, 0.1) is 18.5 Å². The van der Waals surface area contributed by atoms with E-state index in [1.165, 1.54) is 13.2 Å². The molecule has 0 unspecified atom stereocenters. The molecule has 0 heterocycles. The minimum Gasteiger partial charge on any atom is -0.495 e. The molecule has 5 N–H and O–H groups in total. The first-order valence-electron chi connectivity index (χ1n) is 3.94. The molecule has 5 nitrogen and oxygen atoms in total. The number of carbonyl (C=O) groups is 1. The lowest BCUT2D eigenvalue weighted by Crippen LogP contribution is -2.07. The molecule has 0 fully saturated rings. The van der Waals surface area contributed by atoms with E-state index in [4.69, 9.17) is 21.3 Å². The first-order valence-corrected chi connectivity index (χ1v) is 3.94. The van der Waals surface area contributed by atoms with Crippen molar-refractivity contribution in [3.8, 4) is 5.75 Å². The van der Waals surface area contributed by atoms with E-state index in [-0.39, 0.29) is 17.0 Å². The van der Waals surface area contributed by atoms with Crippen molar-refractivity contribution in [1.82, 2.24) is 0 Å². The molecule has 0 radical (unpaired) electrons. The van der Waals surface area contributed by atoms with Crippen molar-refractivity contribution in [3.05, 3.63) is 17.2 Å². The fraction of sp³-hybridized carbons (Fsp3) is 0.222. The summed E-state index contributed by atoms with van der Waals surface area (Å²) in [5, 5.41) is 8.86. The zero-order valence-corrected chi connectivity index (χ0v) is 8.00. The Balaban J connectivity index is 3.51. The quantitative estimate of drug-likeness (QED) is 0.609. The molecular formula is C9H12N2O3. The second-order valence-corrected chi connectivity index (χ2v) is 2.89. The fourth-order valence-corrected chi connectivity index (χ4v) is 1.26. The van der Waals surface area contributed by atoms with Gasteiger partial charge in [0.25, 0.3) is 0 Å². The Bertz CT molecular complexity index is 388. The summed E-state index contributed by atoms with van der Waals surface area (Å²) in [6.07, 6.45) is 0. The van der Waals surface area contributed by atoms with E-state index in [9.17, 15) is 4.79 Å². The van der Waals surface area contributed by atoms with Gasteiger partial charge in [0.15, 0.2) is 0 Å². The maximum Gasteiger partial charge on any atom is 0.339 e. The van der Waals surface area contributed by atoms with Crippen LogP contribution in [0, 0.1) is 6.92 Å². The average Bonchev–Trinajstić information content (AvgIpc) is 2.13. The first-order chi connectivity index (χ1) is 6.49. The Morgan fingerprint density at radius 2 is 2.07 bits per heavy atom. The third-order valence-corrected chi connectivity index (χ3v) is 2.03. The van der Waals surface area contributed by atoms with Crippen molar-refractivity contribution >= 4 is 17.3 Å². The number of nitrogens with two attached hydrogens (primary N) is 2. The van der Waals surface area contributed by atoms with Crippen molar-refractivity contribution < 1.29 is 14.6 Å². The van der Waals surface area contributed by atoms with Gasteiger partial charge in [-0.15, -0.1) is 0 Å². The number of nitrogen functional groups attached to an aromatic ring is 2. The highest BCUT2D eigenvalue weighted by Crippen LogP contribution is 2.32. The van der Waals surface area contributed by atoms with Gasteiger partial charge < -0.3 is 21.3 Å².